The number of nitrogen functional groups attached to an aromatic ring is 1. The van der Waals surface area contributed by atoms with Crippen molar-refractivity contribution in [3.63, 3.8) is 0 Å². The van der Waals surface area contributed by atoms with Gasteiger partial charge in [-0.05, 0) is 73.9 Å². The zero-order valence-electron chi connectivity index (χ0n) is 18.6. The van der Waals surface area contributed by atoms with E-state index in [1.165, 1.54) is 12.1 Å². The second-order valence-electron chi connectivity index (χ2n) is 8.30. The van der Waals surface area contributed by atoms with Crippen molar-refractivity contribution in [1.29, 1.82) is 0 Å². The predicted octanol–water partition coefficient (Wildman–Crippen LogP) is 4.47. The Balaban J connectivity index is 1.45. The van der Waals surface area contributed by atoms with Gasteiger partial charge in [-0.2, -0.15) is 4.98 Å². The summed E-state index contributed by atoms with van der Waals surface area (Å²) in [4.78, 5) is 28.3. The van der Waals surface area contributed by atoms with Crippen molar-refractivity contribution in [3.05, 3.63) is 72.0 Å². The maximum atomic E-state index is 13.4. The molecule has 1 fully saturated rings. The summed E-state index contributed by atoms with van der Waals surface area (Å²) >= 11 is 0. The molecule has 0 spiro atoms. The quantitative estimate of drug-likeness (QED) is 0.417. The first-order chi connectivity index (χ1) is 16.5. The highest BCUT2D eigenvalue weighted by molar-refractivity contribution is 5.91. The number of fused-ring (bicyclic) bond motifs is 1. The molecular weight excluding hydrogens is 433 g/mol. The van der Waals surface area contributed by atoms with E-state index in [9.17, 15) is 9.18 Å². The second kappa shape index (κ2) is 8.93. The zero-order chi connectivity index (χ0) is 23.7. The molecular formula is C25H24FN7O. The van der Waals surface area contributed by atoms with Gasteiger partial charge in [0.25, 0.3) is 0 Å². The molecule has 1 aliphatic rings. The maximum absolute atomic E-state index is 13.4. The molecule has 3 heterocycles. The number of amides is 2. The molecule has 8 nitrogen and oxygen atoms in total. The topological polar surface area (TPSA) is 109 Å². The number of halogens is 1. The Kier molecular flexibility index (Phi) is 5.67. The van der Waals surface area contributed by atoms with Crippen LogP contribution in [-0.4, -0.2) is 33.7 Å². The van der Waals surface area contributed by atoms with Crippen LogP contribution in [-0.2, 0) is 0 Å². The minimum atomic E-state index is -0.309. The molecule has 5 rings (SSSR count). The van der Waals surface area contributed by atoms with Crippen LogP contribution in [0.3, 0.4) is 0 Å². The van der Waals surface area contributed by atoms with Crippen LogP contribution in [0.15, 0.2) is 60.7 Å². The van der Waals surface area contributed by atoms with Gasteiger partial charge in [-0.15, -0.1) is 0 Å². The summed E-state index contributed by atoms with van der Waals surface area (Å²) in [5.74, 6) is 0.384. The van der Waals surface area contributed by atoms with Crippen LogP contribution < -0.4 is 21.3 Å². The van der Waals surface area contributed by atoms with Gasteiger partial charge in [-0.3, -0.25) is 0 Å². The largest absolute Gasteiger partial charge is 0.368 e. The Morgan fingerprint density at radius 2 is 1.91 bits per heavy atom. The normalized spacial score (nSPS) is 15.5. The molecule has 9 heteroatoms. The van der Waals surface area contributed by atoms with E-state index in [-0.39, 0.29) is 24.0 Å². The van der Waals surface area contributed by atoms with E-state index < -0.39 is 0 Å². The molecule has 2 aromatic heterocycles. The molecule has 4 aromatic rings. The van der Waals surface area contributed by atoms with Crippen LogP contribution in [0.5, 0.6) is 0 Å². The minimum Gasteiger partial charge on any atom is -0.368 e. The molecule has 34 heavy (non-hydrogen) atoms. The number of aromatic nitrogens is 3. The number of carbonyl (C=O) groups excluding carboxylic acids is 1. The molecule has 172 valence electrons. The first kappa shape index (κ1) is 21.6. The summed E-state index contributed by atoms with van der Waals surface area (Å²) in [5.41, 5.74) is 10.4. The third kappa shape index (κ3) is 4.45. The predicted molar refractivity (Wildman–Crippen MR) is 131 cm³/mol. The average molecular weight is 458 g/mol. The van der Waals surface area contributed by atoms with Crippen molar-refractivity contribution < 1.29 is 9.18 Å². The van der Waals surface area contributed by atoms with Gasteiger partial charge in [0.05, 0.1) is 11.2 Å². The number of hydrogen-bond acceptors (Lipinski definition) is 6. The van der Waals surface area contributed by atoms with Crippen molar-refractivity contribution in [3.8, 4) is 11.3 Å². The fraction of sp³-hybridized carbons (Fsp3) is 0.200. The van der Waals surface area contributed by atoms with Gasteiger partial charge in [0, 0.05) is 17.8 Å². The van der Waals surface area contributed by atoms with Gasteiger partial charge in [-0.25, -0.2) is 19.2 Å². The highest BCUT2D eigenvalue weighted by Crippen LogP contribution is 2.31. The number of nitrogens with zero attached hydrogens (tertiary/aromatic N) is 4. The van der Waals surface area contributed by atoms with Crippen molar-refractivity contribution in [2.24, 2.45) is 0 Å². The van der Waals surface area contributed by atoms with E-state index in [0.29, 0.717) is 29.1 Å². The van der Waals surface area contributed by atoms with Gasteiger partial charge >= 0.3 is 6.03 Å². The first-order valence-electron chi connectivity index (χ1n) is 11.1. The van der Waals surface area contributed by atoms with E-state index in [0.717, 1.165) is 29.7 Å². The smallest absolute Gasteiger partial charge is 0.320 e. The number of nitrogens with two attached hydrogens (primary N) is 1. The lowest BCUT2D eigenvalue weighted by Gasteiger charge is -2.27. The number of pyridine rings is 1. The van der Waals surface area contributed by atoms with Crippen molar-refractivity contribution >= 4 is 34.5 Å². The molecule has 1 saturated heterocycles. The number of hydrogen-bond donors (Lipinski definition) is 3. The number of nitrogens with one attached hydrogen (secondary N) is 2. The lowest BCUT2D eigenvalue weighted by atomic mass is 10.1. The van der Waals surface area contributed by atoms with Crippen LogP contribution in [0.2, 0.25) is 0 Å². The Labute approximate surface area is 196 Å². The second-order valence-corrected chi connectivity index (χ2v) is 8.30. The third-order valence-corrected chi connectivity index (χ3v) is 5.78. The number of urea groups is 1. The molecule has 0 unspecified atom stereocenters. The maximum Gasteiger partial charge on any atom is 0.320 e. The fourth-order valence-electron chi connectivity index (χ4n) is 4.21. The zero-order valence-corrected chi connectivity index (χ0v) is 18.6. The molecule has 0 saturated carbocycles. The molecule has 2 amide bonds. The van der Waals surface area contributed by atoms with Gasteiger partial charge < -0.3 is 21.3 Å². The van der Waals surface area contributed by atoms with E-state index in [1.54, 1.807) is 12.1 Å². The summed E-state index contributed by atoms with van der Waals surface area (Å²) in [6.07, 6.45) is 1.35. The third-order valence-electron chi connectivity index (χ3n) is 5.78. The number of benzene rings is 2. The van der Waals surface area contributed by atoms with Crippen LogP contribution in [0, 0.1) is 12.7 Å². The van der Waals surface area contributed by atoms with E-state index >= 15 is 0 Å². The fourth-order valence-corrected chi connectivity index (χ4v) is 4.21. The highest BCUT2D eigenvalue weighted by atomic mass is 19.1. The summed E-state index contributed by atoms with van der Waals surface area (Å²) in [5, 5.41) is 5.92. The van der Waals surface area contributed by atoms with Crippen LogP contribution in [0.1, 0.15) is 18.4 Å². The standard InChI is InChI=1S/C25H24FN7O/c1-15-4-2-5-18(14-15)28-25(34)31-21-6-3-13-33(21)23-22-20(30-24(27)32-23)12-11-19(29-22)16-7-9-17(26)10-8-16/h2,4-5,7-12,14,21H,3,6,13H2,1H3,(H2,27,30,32)(H2,28,31,34)/t21-/m0/s1. The molecule has 4 N–H and O–H groups in total. The number of carbonyl (C=O) groups is 1. The molecule has 2 aromatic carbocycles. The molecule has 1 atom stereocenters. The minimum absolute atomic E-state index is 0.133. The summed E-state index contributed by atoms with van der Waals surface area (Å²) < 4.78 is 13.4. The number of anilines is 3. The lowest BCUT2D eigenvalue weighted by Crippen LogP contribution is -2.46. The molecule has 0 radical (unpaired) electrons. The van der Waals surface area contributed by atoms with Gasteiger partial charge in [0.1, 0.15) is 17.5 Å². The first-order valence-corrected chi connectivity index (χ1v) is 11.1. The number of rotatable bonds is 4. The summed E-state index contributed by atoms with van der Waals surface area (Å²) in [6, 6.07) is 17.1. The Hall–Kier alpha value is -4.27. The Morgan fingerprint density at radius 1 is 1.09 bits per heavy atom. The SMILES string of the molecule is Cc1cccc(NC(=O)N[C@@H]2CCCN2c2nc(N)nc3ccc(-c4ccc(F)cc4)nc23)c1. The van der Waals surface area contributed by atoms with Crippen LogP contribution in [0.4, 0.5) is 26.6 Å². The summed E-state index contributed by atoms with van der Waals surface area (Å²) in [7, 11) is 0. The van der Waals surface area contributed by atoms with Crippen molar-refractivity contribution in [2.45, 2.75) is 25.9 Å². The van der Waals surface area contributed by atoms with Gasteiger partial charge in [0.15, 0.2) is 5.82 Å². The van der Waals surface area contributed by atoms with Crippen LogP contribution in [0.25, 0.3) is 22.3 Å². The monoisotopic (exact) mass is 457 g/mol. The van der Waals surface area contributed by atoms with Gasteiger partial charge in [0.2, 0.25) is 5.95 Å². The molecule has 0 aliphatic carbocycles. The Bertz CT molecular complexity index is 1360. The lowest BCUT2D eigenvalue weighted by molar-refractivity contribution is 0.248. The van der Waals surface area contributed by atoms with E-state index in [4.69, 9.17) is 10.7 Å². The molecule has 0 bridgehead atoms. The van der Waals surface area contributed by atoms with Crippen LogP contribution >= 0.6 is 0 Å². The van der Waals surface area contributed by atoms with Gasteiger partial charge in [-0.1, -0.05) is 12.1 Å². The number of aryl methyl sites for hydroxylation is 1. The Morgan fingerprint density at radius 3 is 2.71 bits per heavy atom. The van der Waals surface area contributed by atoms with Crippen molar-refractivity contribution in [2.75, 3.05) is 22.5 Å². The average Bonchev–Trinajstić information content (AvgIpc) is 3.26. The highest BCUT2D eigenvalue weighted by Gasteiger charge is 2.29. The van der Waals surface area contributed by atoms with E-state index in [1.807, 2.05) is 48.2 Å². The van der Waals surface area contributed by atoms with Crippen molar-refractivity contribution in [1.82, 2.24) is 20.3 Å². The summed E-state index contributed by atoms with van der Waals surface area (Å²) in [6.45, 7) is 2.66. The molecule has 1 aliphatic heterocycles. The van der Waals surface area contributed by atoms with E-state index in [2.05, 4.69) is 20.6 Å².